The molecular weight excluding hydrogens is 582 g/mol. The number of para-hydroxylation sites is 1. The molecule has 4 aromatic rings. The summed E-state index contributed by atoms with van der Waals surface area (Å²) in [5.41, 5.74) is 8.15. The van der Waals surface area contributed by atoms with E-state index < -0.39 is 43.0 Å². The van der Waals surface area contributed by atoms with Gasteiger partial charge in [0.15, 0.2) is 5.69 Å². The molecule has 1 aliphatic rings. The van der Waals surface area contributed by atoms with Gasteiger partial charge in [0, 0.05) is 22.4 Å². The Hall–Kier alpha value is -4.84. The number of oxime groups is 1. The van der Waals surface area contributed by atoms with Crippen molar-refractivity contribution in [3.05, 3.63) is 83.0 Å². The molecule has 43 heavy (non-hydrogen) atoms. The number of alkyl halides is 1. The van der Waals surface area contributed by atoms with Crippen molar-refractivity contribution in [2.45, 2.75) is 32.1 Å². The molecule has 0 radical (unpaired) electrons. The van der Waals surface area contributed by atoms with E-state index in [4.69, 9.17) is 22.2 Å². The van der Waals surface area contributed by atoms with Gasteiger partial charge in [0.2, 0.25) is 5.91 Å². The number of rotatable bonds is 8. The molecule has 1 aromatic heterocycles. The predicted octanol–water partition coefficient (Wildman–Crippen LogP) is 4.68. The van der Waals surface area contributed by atoms with Gasteiger partial charge in [-0.15, -0.1) is 5.12 Å². The quantitative estimate of drug-likeness (QED) is 0.177. The highest BCUT2D eigenvalue weighted by Crippen LogP contribution is 2.33. The first-order valence-electron chi connectivity index (χ1n) is 13.3. The average Bonchev–Trinajstić information content (AvgIpc) is 3.57. The van der Waals surface area contributed by atoms with E-state index in [-0.39, 0.29) is 22.9 Å². The highest BCUT2D eigenvalue weighted by atomic mass is 35.5. The molecule has 1 saturated heterocycles. The Morgan fingerprint density at radius 3 is 2.65 bits per heavy atom. The van der Waals surface area contributed by atoms with E-state index in [0.29, 0.717) is 32.8 Å². The van der Waals surface area contributed by atoms with E-state index in [2.05, 4.69) is 10.3 Å². The normalized spacial score (nSPS) is 16.9. The molecule has 2 N–H and O–H groups in total. The number of anilines is 1. The van der Waals surface area contributed by atoms with Crippen molar-refractivity contribution >= 4 is 51.6 Å². The fourth-order valence-electron chi connectivity index (χ4n) is 5.16. The zero-order chi connectivity index (χ0) is 30.8. The van der Waals surface area contributed by atoms with Gasteiger partial charge in [0.1, 0.15) is 25.9 Å². The summed E-state index contributed by atoms with van der Waals surface area (Å²) in [5.74, 6) is -2.54. The summed E-state index contributed by atoms with van der Waals surface area (Å²) < 4.78 is 31.5. The number of hydrogen-bond acceptors (Lipinski definition) is 6. The zero-order valence-corrected chi connectivity index (χ0v) is 24.0. The molecule has 222 valence electrons. The number of nitrogens with two attached hydrogens (primary N) is 1. The number of hydrogen-bond donors (Lipinski definition) is 1. The van der Waals surface area contributed by atoms with Crippen LogP contribution in [-0.2, 0) is 21.0 Å². The van der Waals surface area contributed by atoms with Crippen molar-refractivity contribution in [2.24, 2.45) is 10.9 Å². The Bertz CT molecular complexity index is 1760. The molecule has 2 heterocycles. The third-order valence-electron chi connectivity index (χ3n) is 7.22. The molecule has 0 bridgehead atoms. The second kappa shape index (κ2) is 12.2. The number of carbonyl (C=O) groups excluding carboxylic acids is 3. The Balaban J connectivity index is 1.39. The second-order valence-electron chi connectivity index (χ2n) is 10.0. The fourth-order valence-corrected chi connectivity index (χ4v) is 5.38. The molecule has 3 aromatic carbocycles. The van der Waals surface area contributed by atoms with E-state index in [9.17, 15) is 18.8 Å². The standard InChI is InChI=1S/C30H27ClF2N6O4/c1-17(36-43-2)18-10-11-24(31)23(13-18)19-6-5-7-21(12-19)39(33)30(42)26-14-20(32)15-37(26)27(40)16-38-25-9-4-3-8-22(25)28(35-38)29(34)41/h3-13,20,26H,14-16H2,1-2H3,(H2,34,41)/b36-17+/t20-,26+/m1/s1. The average molecular weight is 609 g/mol. The fraction of sp³-hybridized carbons (Fsp3) is 0.233. The van der Waals surface area contributed by atoms with E-state index in [1.54, 1.807) is 61.5 Å². The lowest BCUT2D eigenvalue weighted by Crippen LogP contribution is -2.46. The van der Waals surface area contributed by atoms with Crippen molar-refractivity contribution in [3.63, 3.8) is 0 Å². The van der Waals surface area contributed by atoms with Gasteiger partial charge >= 0.3 is 0 Å². The Morgan fingerprint density at radius 1 is 1.14 bits per heavy atom. The summed E-state index contributed by atoms with van der Waals surface area (Å²) in [6.07, 6.45) is -1.91. The maximum Gasteiger partial charge on any atom is 0.277 e. The molecule has 0 spiro atoms. The third kappa shape index (κ3) is 5.91. The van der Waals surface area contributed by atoms with E-state index in [0.717, 1.165) is 10.5 Å². The maximum absolute atomic E-state index is 15.7. The van der Waals surface area contributed by atoms with Crippen LogP contribution in [0.5, 0.6) is 0 Å². The molecule has 0 aliphatic carbocycles. The summed E-state index contributed by atoms with van der Waals surface area (Å²) in [6, 6.07) is 16.5. The van der Waals surface area contributed by atoms with Crippen molar-refractivity contribution in [3.8, 4) is 11.1 Å². The van der Waals surface area contributed by atoms with Gasteiger partial charge in [-0.2, -0.15) is 5.10 Å². The van der Waals surface area contributed by atoms with Crippen LogP contribution < -0.4 is 10.9 Å². The Morgan fingerprint density at radius 2 is 1.91 bits per heavy atom. The van der Waals surface area contributed by atoms with Crippen LogP contribution in [0.15, 0.2) is 71.9 Å². The minimum absolute atomic E-state index is 0.0255. The van der Waals surface area contributed by atoms with Crippen LogP contribution in [0, 0.1) is 0 Å². The molecule has 1 aliphatic heterocycles. The number of nitrogens with zero attached hydrogens (tertiary/aromatic N) is 5. The van der Waals surface area contributed by atoms with Crippen molar-refractivity contribution in [1.29, 1.82) is 0 Å². The van der Waals surface area contributed by atoms with Crippen LogP contribution in [0.3, 0.4) is 0 Å². The first-order valence-corrected chi connectivity index (χ1v) is 13.6. The lowest BCUT2D eigenvalue weighted by atomic mass is 10.0. The van der Waals surface area contributed by atoms with Crippen LogP contribution in [-0.4, -0.2) is 64.0 Å². The molecule has 5 rings (SSSR count). The Kier molecular flexibility index (Phi) is 8.40. The minimum Gasteiger partial charge on any atom is -0.399 e. The minimum atomic E-state index is -1.54. The monoisotopic (exact) mass is 608 g/mol. The van der Waals surface area contributed by atoms with Crippen LogP contribution in [0.2, 0.25) is 5.02 Å². The highest BCUT2D eigenvalue weighted by molar-refractivity contribution is 6.33. The summed E-state index contributed by atoms with van der Waals surface area (Å²) in [4.78, 5) is 44.4. The third-order valence-corrected chi connectivity index (χ3v) is 7.55. The summed E-state index contributed by atoms with van der Waals surface area (Å²) >= 11 is 6.44. The maximum atomic E-state index is 15.7. The van der Waals surface area contributed by atoms with E-state index >= 15 is 4.48 Å². The van der Waals surface area contributed by atoms with Crippen LogP contribution in [0.1, 0.15) is 29.4 Å². The van der Waals surface area contributed by atoms with Crippen molar-refractivity contribution in [2.75, 3.05) is 18.8 Å². The van der Waals surface area contributed by atoms with Gasteiger partial charge in [-0.25, -0.2) is 4.39 Å². The zero-order valence-electron chi connectivity index (χ0n) is 23.2. The summed E-state index contributed by atoms with van der Waals surface area (Å²) in [5, 5.41) is 8.82. The van der Waals surface area contributed by atoms with Gasteiger partial charge in [0.25, 0.3) is 11.8 Å². The second-order valence-corrected chi connectivity index (χ2v) is 10.4. The molecule has 3 amide bonds. The topological polar surface area (TPSA) is 123 Å². The SMILES string of the molecule is CO/N=C(\C)c1ccc(Cl)c(-c2cccc(N(F)C(=O)[C@@H]3C[C@@H](F)CN3C(=O)Cn3nc(C(N)=O)c4ccccc43)c2)c1. The summed E-state index contributed by atoms with van der Waals surface area (Å²) in [6.45, 7) is 0.954. The molecule has 0 unspecified atom stereocenters. The summed E-state index contributed by atoms with van der Waals surface area (Å²) in [7, 11) is 1.43. The first-order chi connectivity index (χ1) is 20.6. The molecular formula is C30H27ClF2N6O4. The molecule has 0 saturated carbocycles. The molecule has 1 fully saturated rings. The highest BCUT2D eigenvalue weighted by Gasteiger charge is 2.42. The van der Waals surface area contributed by atoms with Crippen LogP contribution in [0.25, 0.3) is 22.0 Å². The molecule has 13 heteroatoms. The predicted molar refractivity (Wildman–Crippen MR) is 158 cm³/mol. The number of carbonyl (C=O) groups is 3. The smallest absolute Gasteiger partial charge is 0.277 e. The lowest BCUT2D eigenvalue weighted by Gasteiger charge is -2.25. The van der Waals surface area contributed by atoms with Crippen molar-refractivity contribution < 1.29 is 28.1 Å². The number of halogens is 3. The van der Waals surface area contributed by atoms with Crippen LogP contribution >= 0.6 is 11.6 Å². The molecule has 10 nitrogen and oxygen atoms in total. The number of fused-ring (bicyclic) bond motifs is 1. The molecule has 2 atom stereocenters. The number of aromatic nitrogens is 2. The van der Waals surface area contributed by atoms with E-state index in [1.807, 2.05) is 0 Å². The Labute approximate surface area is 250 Å². The van der Waals surface area contributed by atoms with Gasteiger partial charge in [0.05, 0.1) is 23.5 Å². The number of benzene rings is 3. The van der Waals surface area contributed by atoms with E-state index in [1.165, 1.54) is 23.9 Å². The lowest BCUT2D eigenvalue weighted by molar-refractivity contribution is -0.139. The van der Waals surface area contributed by atoms with Gasteiger partial charge in [-0.1, -0.05) is 57.6 Å². The number of amides is 3. The first kappa shape index (κ1) is 29.6. The number of primary amides is 1. The van der Waals surface area contributed by atoms with Crippen LogP contribution in [0.4, 0.5) is 14.6 Å². The largest absolute Gasteiger partial charge is 0.399 e. The van der Waals surface area contributed by atoms with Gasteiger partial charge in [-0.3, -0.25) is 19.1 Å². The number of likely N-dealkylation sites (tertiary alicyclic amines) is 1. The van der Waals surface area contributed by atoms with Gasteiger partial charge < -0.3 is 15.5 Å². The van der Waals surface area contributed by atoms with Gasteiger partial charge in [-0.05, 0) is 48.4 Å². The van der Waals surface area contributed by atoms with Crippen molar-refractivity contribution in [1.82, 2.24) is 14.7 Å².